The van der Waals surface area contributed by atoms with Crippen LogP contribution in [0.1, 0.15) is 28.4 Å². The van der Waals surface area contributed by atoms with Crippen LogP contribution in [0.5, 0.6) is 5.75 Å². The van der Waals surface area contributed by atoms with Gasteiger partial charge in [0.25, 0.3) is 0 Å². The third kappa shape index (κ3) is 3.58. The fourth-order valence-corrected chi connectivity index (χ4v) is 1.92. The van der Waals surface area contributed by atoms with Crippen molar-refractivity contribution in [3.05, 3.63) is 64.2 Å². The summed E-state index contributed by atoms with van der Waals surface area (Å²) in [6.07, 6.45) is 0. The number of benzene rings is 2. The van der Waals surface area contributed by atoms with E-state index in [1.165, 1.54) is 12.5 Å². The smallest absolute Gasteiger partial charge is 0.163 e. The molecule has 2 nitrogen and oxygen atoms in total. The summed E-state index contributed by atoms with van der Waals surface area (Å²) < 4.78 is 5.70. The lowest BCUT2D eigenvalue weighted by Gasteiger charge is -2.10. The highest BCUT2D eigenvalue weighted by Gasteiger charge is 2.09. The van der Waals surface area contributed by atoms with E-state index in [0.717, 1.165) is 5.56 Å². The molecule has 0 unspecified atom stereocenters. The van der Waals surface area contributed by atoms with Crippen molar-refractivity contribution in [1.29, 1.82) is 0 Å². The van der Waals surface area contributed by atoms with Crippen molar-refractivity contribution >= 4 is 17.4 Å². The Kier molecular flexibility index (Phi) is 4.23. The van der Waals surface area contributed by atoms with Crippen molar-refractivity contribution in [2.45, 2.75) is 20.5 Å². The highest BCUT2D eigenvalue weighted by molar-refractivity contribution is 6.31. The lowest BCUT2D eigenvalue weighted by atomic mass is 10.1. The maximum atomic E-state index is 11.5. The molecule has 2 rings (SSSR count). The van der Waals surface area contributed by atoms with Gasteiger partial charge in [-0.3, -0.25) is 4.79 Å². The fraction of sp³-hybridized carbons (Fsp3) is 0.188. The van der Waals surface area contributed by atoms with Gasteiger partial charge >= 0.3 is 0 Å². The third-order valence-corrected chi connectivity index (χ3v) is 3.07. The quantitative estimate of drug-likeness (QED) is 0.771. The number of hydrogen-bond donors (Lipinski definition) is 0. The van der Waals surface area contributed by atoms with Crippen LogP contribution < -0.4 is 4.74 Å². The lowest BCUT2D eigenvalue weighted by Crippen LogP contribution is -2.01. The summed E-state index contributed by atoms with van der Waals surface area (Å²) in [7, 11) is 0. The topological polar surface area (TPSA) is 26.3 Å². The van der Waals surface area contributed by atoms with Crippen LogP contribution in [-0.4, -0.2) is 5.78 Å². The van der Waals surface area contributed by atoms with E-state index >= 15 is 0 Å². The number of aryl methyl sites for hydroxylation is 1. The minimum atomic E-state index is -0.0543. The molecule has 2 aromatic carbocycles. The van der Waals surface area contributed by atoms with E-state index in [1.807, 2.05) is 31.2 Å². The average Bonchev–Trinajstić information content (AvgIpc) is 2.39. The number of Topliss-reactive ketones (excluding diaryl/α,β-unsaturated/α-hetero) is 1. The van der Waals surface area contributed by atoms with Crippen LogP contribution in [0.15, 0.2) is 42.5 Å². The van der Waals surface area contributed by atoms with Crippen LogP contribution in [0.25, 0.3) is 0 Å². The summed E-state index contributed by atoms with van der Waals surface area (Å²) in [5, 5.41) is 0.535. The van der Waals surface area contributed by atoms with Gasteiger partial charge in [-0.1, -0.05) is 41.4 Å². The summed E-state index contributed by atoms with van der Waals surface area (Å²) in [5.74, 6) is 0.513. The zero-order valence-electron chi connectivity index (χ0n) is 10.9. The Labute approximate surface area is 118 Å². The average molecular weight is 275 g/mol. The minimum absolute atomic E-state index is 0.0543. The molecule has 0 aliphatic rings. The van der Waals surface area contributed by atoms with Gasteiger partial charge in [0.1, 0.15) is 12.4 Å². The molecule has 0 aliphatic heterocycles. The predicted octanol–water partition coefficient (Wildman–Crippen LogP) is 4.43. The first-order chi connectivity index (χ1) is 9.06. The van der Waals surface area contributed by atoms with E-state index in [4.69, 9.17) is 16.3 Å². The fourth-order valence-electron chi connectivity index (χ4n) is 1.75. The molecule has 0 atom stereocenters. The van der Waals surface area contributed by atoms with E-state index in [1.54, 1.807) is 18.2 Å². The van der Waals surface area contributed by atoms with E-state index in [-0.39, 0.29) is 5.78 Å². The first-order valence-electron chi connectivity index (χ1n) is 6.05. The summed E-state index contributed by atoms with van der Waals surface area (Å²) in [4.78, 5) is 11.5. The SMILES string of the molecule is CC(=O)c1cc(Cl)ccc1OCc1ccc(C)cc1. The molecular weight excluding hydrogens is 260 g/mol. The largest absolute Gasteiger partial charge is 0.488 e. The van der Waals surface area contributed by atoms with Crippen LogP contribution >= 0.6 is 11.6 Å². The van der Waals surface area contributed by atoms with Crippen LogP contribution in [0.2, 0.25) is 5.02 Å². The Morgan fingerprint density at radius 3 is 2.47 bits per heavy atom. The van der Waals surface area contributed by atoms with E-state index in [9.17, 15) is 4.79 Å². The van der Waals surface area contributed by atoms with Gasteiger partial charge in [0.15, 0.2) is 5.78 Å². The zero-order valence-corrected chi connectivity index (χ0v) is 11.7. The van der Waals surface area contributed by atoms with Gasteiger partial charge in [-0.05, 0) is 37.6 Å². The van der Waals surface area contributed by atoms with Gasteiger partial charge < -0.3 is 4.74 Å². The van der Waals surface area contributed by atoms with Crippen molar-refractivity contribution in [2.75, 3.05) is 0 Å². The summed E-state index contributed by atoms with van der Waals surface area (Å²) in [5.41, 5.74) is 2.79. The molecule has 0 radical (unpaired) electrons. The Morgan fingerprint density at radius 1 is 1.16 bits per heavy atom. The number of hydrogen-bond acceptors (Lipinski definition) is 2. The van der Waals surface area contributed by atoms with E-state index < -0.39 is 0 Å². The second kappa shape index (κ2) is 5.89. The molecule has 0 aliphatic carbocycles. The van der Waals surface area contributed by atoms with Gasteiger partial charge in [-0.25, -0.2) is 0 Å². The third-order valence-electron chi connectivity index (χ3n) is 2.84. The van der Waals surface area contributed by atoms with Gasteiger partial charge in [0.2, 0.25) is 0 Å². The maximum Gasteiger partial charge on any atom is 0.163 e. The molecular formula is C16H15ClO2. The monoisotopic (exact) mass is 274 g/mol. The first-order valence-corrected chi connectivity index (χ1v) is 6.43. The van der Waals surface area contributed by atoms with Crippen molar-refractivity contribution < 1.29 is 9.53 Å². The summed E-state index contributed by atoms with van der Waals surface area (Å²) in [6.45, 7) is 3.98. The molecule has 0 N–H and O–H groups in total. The zero-order chi connectivity index (χ0) is 13.8. The molecule has 0 bridgehead atoms. The normalized spacial score (nSPS) is 10.3. The number of halogens is 1. The van der Waals surface area contributed by atoms with Gasteiger partial charge in [-0.15, -0.1) is 0 Å². The van der Waals surface area contributed by atoms with Gasteiger partial charge in [0.05, 0.1) is 5.56 Å². The van der Waals surface area contributed by atoms with Crippen molar-refractivity contribution in [1.82, 2.24) is 0 Å². The van der Waals surface area contributed by atoms with Crippen molar-refractivity contribution in [3.8, 4) is 5.75 Å². The number of rotatable bonds is 4. The Morgan fingerprint density at radius 2 is 1.84 bits per heavy atom. The Hall–Kier alpha value is -1.80. The van der Waals surface area contributed by atoms with Crippen molar-refractivity contribution in [2.24, 2.45) is 0 Å². The molecule has 3 heteroatoms. The molecule has 0 amide bonds. The summed E-state index contributed by atoms with van der Waals surface area (Å²) >= 11 is 5.89. The molecule has 0 aromatic heterocycles. The second-order valence-electron chi connectivity index (χ2n) is 4.47. The molecule has 0 saturated carbocycles. The highest BCUT2D eigenvalue weighted by atomic mass is 35.5. The Balaban J connectivity index is 2.15. The number of carbonyl (C=O) groups excluding carboxylic acids is 1. The van der Waals surface area contributed by atoms with Crippen LogP contribution in [0.4, 0.5) is 0 Å². The predicted molar refractivity (Wildman–Crippen MR) is 77.0 cm³/mol. The number of carbonyl (C=O) groups is 1. The van der Waals surface area contributed by atoms with E-state index in [2.05, 4.69) is 0 Å². The minimum Gasteiger partial charge on any atom is -0.488 e. The molecule has 19 heavy (non-hydrogen) atoms. The molecule has 98 valence electrons. The molecule has 0 saturated heterocycles. The van der Waals surface area contributed by atoms with Crippen LogP contribution in [-0.2, 0) is 6.61 Å². The lowest BCUT2D eigenvalue weighted by molar-refractivity contribution is 0.101. The van der Waals surface area contributed by atoms with Gasteiger partial charge in [-0.2, -0.15) is 0 Å². The number of ether oxygens (including phenoxy) is 1. The molecule has 0 spiro atoms. The van der Waals surface area contributed by atoms with Crippen LogP contribution in [0, 0.1) is 6.92 Å². The first kappa shape index (κ1) is 13.6. The highest BCUT2D eigenvalue weighted by Crippen LogP contribution is 2.24. The van der Waals surface area contributed by atoms with Crippen molar-refractivity contribution in [3.63, 3.8) is 0 Å². The molecule has 0 fully saturated rings. The second-order valence-corrected chi connectivity index (χ2v) is 4.91. The Bertz CT molecular complexity index is 588. The van der Waals surface area contributed by atoms with Crippen LogP contribution in [0.3, 0.4) is 0 Å². The molecule has 0 heterocycles. The van der Waals surface area contributed by atoms with Gasteiger partial charge in [0, 0.05) is 5.02 Å². The number of ketones is 1. The summed E-state index contributed by atoms with van der Waals surface area (Å²) in [6, 6.07) is 13.2. The maximum absolute atomic E-state index is 11.5. The standard InChI is InChI=1S/C16H15ClO2/c1-11-3-5-13(6-4-11)10-19-16-8-7-14(17)9-15(16)12(2)18/h3-9H,10H2,1-2H3. The molecule has 2 aromatic rings. The van der Waals surface area contributed by atoms with E-state index in [0.29, 0.717) is 22.9 Å².